The van der Waals surface area contributed by atoms with E-state index in [2.05, 4.69) is 27.3 Å². The topological polar surface area (TPSA) is 75.7 Å². The van der Waals surface area contributed by atoms with E-state index in [-0.39, 0.29) is 12.2 Å². The smallest absolute Gasteiger partial charge is 0.265 e. The van der Waals surface area contributed by atoms with Crippen molar-refractivity contribution in [2.24, 2.45) is 0 Å². The normalized spacial score (nSPS) is 10.5. The highest BCUT2D eigenvalue weighted by atomic mass is 32.1. The van der Waals surface area contributed by atoms with E-state index in [0.29, 0.717) is 0 Å². The molecule has 2 heterocycles. The number of H-pyrrole nitrogens is 1. The number of Topliss-reactive ketones (excluding diaryl/α,β-unsaturated/α-hetero) is 2. The summed E-state index contributed by atoms with van der Waals surface area (Å²) < 4.78 is 0. The molecule has 6 heteroatoms. The summed E-state index contributed by atoms with van der Waals surface area (Å²) in [5.41, 5.74) is 1.22. The molecule has 0 saturated carbocycles. The van der Waals surface area contributed by atoms with Crippen molar-refractivity contribution in [2.75, 3.05) is 0 Å². The first-order valence-corrected chi connectivity index (χ1v) is 7.58. The minimum Gasteiger partial charge on any atom is -0.290 e. The molecule has 110 valence electrons. The van der Waals surface area contributed by atoms with Gasteiger partial charge in [-0.15, -0.1) is 11.3 Å². The van der Waals surface area contributed by atoms with Crippen LogP contribution in [-0.4, -0.2) is 26.7 Å². The Hall–Kier alpha value is -2.60. The average molecular weight is 311 g/mol. The van der Waals surface area contributed by atoms with Gasteiger partial charge >= 0.3 is 0 Å². The molecule has 0 unspecified atom stereocenters. The van der Waals surface area contributed by atoms with E-state index in [4.69, 9.17) is 0 Å². The number of aromatic nitrogens is 3. The molecule has 3 aromatic rings. The predicted molar refractivity (Wildman–Crippen MR) is 83.0 cm³/mol. The van der Waals surface area contributed by atoms with Gasteiger partial charge in [0, 0.05) is 22.6 Å². The van der Waals surface area contributed by atoms with Crippen molar-refractivity contribution >= 4 is 22.9 Å². The third-order valence-corrected chi connectivity index (χ3v) is 4.24. The van der Waals surface area contributed by atoms with Crippen LogP contribution in [0.1, 0.15) is 25.9 Å². The van der Waals surface area contributed by atoms with Gasteiger partial charge in [-0.3, -0.25) is 14.7 Å². The highest BCUT2D eigenvalue weighted by Gasteiger charge is 2.19. The summed E-state index contributed by atoms with van der Waals surface area (Å²) in [4.78, 5) is 29.5. The number of carbonyl (C=O) groups excluding carboxylic acids is 2. The van der Waals surface area contributed by atoms with Crippen LogP contribution >= 0.6 is 11.3 Å². The van der Waals surface area contributed by atoms with Crippen LogP contribution in [0.4, 0.5) is 0 Å². The summed E-state index contributed by atoms with van der Waals surface area (Å²) in [6.07, 6.45) is 2.14. The van der Waals surface area contributed by atoms with Crippen molar-refractivity contribution in [3.8, 4) is 0 Å². The van der Waals surface area contributed by atoms with Crippen molar-refractivity contribution in [3.05, 3.63) is 69.9 Å². The molecule has 0 amide bonds. The number of carbonyl (C=O) groups is 2. The Morgan fingerprint density at radius 2 is 1.82 bits per heavy atom. The monoisotopic (exact) mass is 311 g/mol. The standard InChI is InChI=1S/C16H13N3O2S/c20-14(15(21)16-17-10-18-19-16)9-13-7-6-12(22-13)8-11-4-2-1-3-5-11/h1-7,10H,8-9H2,(H,17,18,19). The van der Waals surface area contributed by atoms with E-state index >= 15 is 0 Å². The van der Waals surface area contributed by atoms with E-state index in [9.17, 15) is 9.59 Å². The number of ketones is 2. The summed E-state index contributed by atoms with van der Waals surface area (Å²) in [5.74, 6) is -1.12. The molecule has 0 aliphatic heterocycles. The average Bonchev–Trinajstić information content (AvgIpc) is 3.19. The molecule has 0 fully saturated rings. The first-order chi connectivity index (χ1) is 10.7. The minimum atomic E-state index is -0.629. The van der Waals surface area contributed by atoms with Crippen LogP contribution in [0, 0.1) is 0 Å². The first-order valence-electron chi connectivity index (χ1n) is 6.77. The number of nitrogens with zero attached hydrogens (tertiary/aromatic N) is 2. The van der Waals surface area contributed by atoms with Crippen LogP contribution in [0.15, 0.2) is 48.8 Å². The van der Waals surface area contributed by atoms with Gasteiger partial charge in [0.1, 0.15) is 6.33 Å². The van der Waals surface area contributed by atoms with Gasteiger partial charge in [-0.1, -0.05) is 30.3 Å². The number of nitrogens with one attached hydrogen (secondary N) is 1. The van der Waals surface area contributed by atoms with E-state index in [1.165, 1.54) is 16.8 Å². The number of hydrogen-bond donors (Lipinski definition) is 1. The second-order valence-corrected chi connectivity index (χ2v) is 6.05. The zero-order valence-electron chi connectivity index (χ0n) is 11.7. The number of benzene rings is 1. The van der Waals surface area contributed by atoms with Crippen molar-refractivity contribution in [3.63, 3.8) is 0 Å². The Balaban J connectivity index is 1.64. The zero-order valence-corrected chi connectivity index (χ0v) is 12.5. The van der Waals surface area contributed by atoms with Gasteiger partial charge in [-0.05, 0) is 17.7 Å². The molecule has 0 atom stereocenters. The molecule has 0 bridgehead atoms. The molecule has 5 nitrogen and oxygen atoms in total. The first kappa shape index (κ1) is 14.3. The van der Waals surface area contributed by atoms with Crippen molar-refractivity contribution < 1.29 is 9.59 Å². The molecule has 1 N–H and O–H groups in total. The zero-order chi connectivity index (χ0) is 15.4. The van der Waals surface area contributed by atoms with E-state index < -0.39 is 11.6 Å². The van der Waals surface area contributed by atoms with Crippen LogP contribution in [0.25, 0.3) is 0 Å². The van der Waals surface area contributed by atoms with Gasteiger partial charge in [-0.25, -0.2) is 4.98 Å². The third-order valence-electron chi connectivity index (χ3n) is 3.16. The van der Waals surface area contributed by atoms with Crippen LogP contribution in [0.2, 0.25) is 0 Å². The SMILES string of the molecule is O=C(Cc1ccc(Cc2ccccc2)s1)C(=O)c1ncn[nH]1. The highest BCUT2D eigenvalue weighted by molar-refractivity contribution is 7.12. The van der Waals surface area contributed by atoms with Gasteiger partial charge in [0.15, 0.2) is 5.82 Å². The molecule has 22 heavy (non-hydrogen) atoms. The van der Waals surface area contributed by atoms with E-state index in [1.54, 1.807) is 11.3 Å². The molecule has 0 aliphatic carbocycles. The molecule has 0 spiro atoms. The van der Waals surface area contributed by atoms with Crippen molar-refractivity contribution in [1.82, 2.24) is 15.2 Å². The number of thiophene rings is 1. The molecule has 0 aliphatic rings. The summed E-state index contributed by atoms with van der Waals surface area (Å²) >= 11 is 1.55. The molecule has 3 rings (SSSR count). The maximum absolute atomic E-state index is 11.9. The van der Waals surface area contributed by atoms with Gasteiger partial charge in [0.25, 0.3) is 5.78 Å². The molecule has 0 saturated heterocycles. The van der Waals surface area contributed by atoms with Crippen molar-refractivity contribution in [1.29, 1.82) is 0 Å². The number of rotatable bonds is 6. The highest BCUT2D eigenvalue weighted by Crippen LogP contribution is 2.20. The van der Waals surface area contributed by atoms with Gasteiger partial charge in [0.05, 0.1) is 0 Å². The van der Waals surface area contributed by atoms with Gasteiger partial charge < -0.3 is 0 Å². The van der Waals surface area contributed by atoms with Crippen LogP contribution < -0.4 is 0 Å². The lowest BCUT2D eigenvalue weighted by Gasteiger charge is -1.97. The maximum Gasteiger partial charge on any atom is 0.265 e. The van der Waals surface area contributed by atoms with Gasteiger partial charge in [-0.2, -0.15) is 5.10 Å². The maximum atomic E-state index is 11.9. The Morgan fingerprint density at radius 3 is 2.55 bits per heavy atom. The lowest BCUT2D eigenvalue weighted by molar-refractivity contribution is -0.114. The molecule has 2 aromatic heterocycles. The van der Waals surface area contributed by atoms with E-state index in [1.807, 2.05) is 30.3 Å². The largest absolute Gasteiger partial charge is 0.290 e. The lowest BCUT2D eigenvalue weighted by Crippen LogP contribution is -2.17. The quantitative estimate of drug-likeness (QED) is 0.560. The summed E-state index contributed by atoms with van der Waals surface area (Å²) in [6, 6.07) is 14.0. The Morgan fingerprint density at radius 1 is 1.05 bits per heavy atom. The minimum absolute atomic E-state index is 0.00827. The lowest BCUT2D eigenvalue weighted by atomic mass is 10.1. The Bertz CT molecular complexity index is 779. The summed E-state index contributed by atoms with van der Waals surface area (Å²) in [7, 11) is 0. The second-order valence-electron chi connectivity index (χ2n) is 4.79. The van der Waals surface area contributed by atoms with Gasteiger partial charge in [0.2, 0.25) is 5.78 Å². The van der Waals surface area contributed by atoms with Crippen molar-refractivity contribution in [2.45, 2.75) is 12.8 Å². The Labute approximate surface area is 131 Å². The summed E-state index contributed by atoms with van der Waals surface area (Å²) in [6.45, 7) is 0. The van der Waals surface area contributed by atoms with Crippen LogP contribution in [0.3, 0.4) is 0 Å². The second kappa shape index (κ2) is 6.44. The Kier molecular flexibility index (Phi) is 4.20. The number of hydrogen-bond acceptors (Lipinski definition) is 5. The molecular weight excluding hydrogens is 298 g/mol. The van der Waals surface area contributed by atoms with Crippen LogP contribution in [0.5, 0.6) is 0 Å². The predicted octanol–water partition coefficient (Wildman–Crippen LogP) is 2.45. The fourth-order valence-electron chi connectivity index (χ4n) is 2.09. The summed E-state index contributed by atoms with van der Waals surface area (Å²) in [5, 5.41) is 5.99. The third kappa shape index (κ3) is 3.35. The molecule has 1 aromatic carbocycles. The van der Waals surface area contributed by atoms with E-state index in [0.717, 1.165) is 11.3 Å². The fraction of sp³-hybridized carbons (Fsp3) is 0.125. The van der Waals surface area contributed by atoms with Crippen LogP contribution in [-0.2, 0) is 17.6 Å². The fourth-order valence-corrected chi connectivity index (χ4v) is 3.15. The molecule has 0 radical (unpaired) electrons. The number of aromatic amines is 1. The molecular formula is C16H13N3O2S.